The highest BCUT2D eigenvalue weighted by Gasteiger charge is 2.07. The van der Waals surface area contributed by atoms with Gasteiger partial charge >= 0.3 is 0 Å². The molecule has 0 atom stereocenters. The van der Waals surface area contributed by atoms with Crippen molar-refractivity contribution in [2.45, 2.75) is 20.8 Å². The van der Waals surface area contributed by atoms with E-state index in [1.54, 1.807) is 12.3 Å². The van der Waals surface area contributed by atoms with Gasteiger partial charge in [0, 0.05) is 24.1 Å². The molecule has 0 spiro atoms. The molecule has 0 aliphatic rings. The number of pyridine rings is 1. The van der Waals surface area contributed by atoms with Crippen molar-refractivity contribution in [2.24, 2.45) is 0 Å². The molecule has 94 valence electrons. The average molecular weight is 243 g/mol. The molecule has 0 aliphatic carbocycles. The van der Waals surface area contributed by atoms with Crippen molar-refractivity contribution in [3.63, 3.8) is 0 Å². The first-order valence-corrected chi connectivity index (χ1v) is 6.03. The van der Waals surface area contributed by atoms with Crippen molar-refractivity contribution in [3.05, 3.63) is 47.4 Å². The van der Waals surface area contributed by atoms with Crippen LogP contribution in [0, 0.1) is 13.8 Å². The number of carbonyl (C=O) groups is 1. The molecule has 4 heteroatoms. The van der Waals surface area contributed by atoms with Crippen molar-refractivity contribution in [3.8, 4) is 5.82 Å². The van der Waals surface area contributed by atoms with Crippen molar-refractivity contribution in [2.75, 3.05) is 6.54 Å². The first-order valence-electron chi connectivity index (χ1n) is 6.03. The van der Waals surface area contributed by atoms with Crippen LogP contribution in [0.3, 0.4) is 0 Å². The monoisotopic (exact) mass is 243 g/mol. The summed E-state index contributed by atoms with van der Waals surface area (Å²) in [5.41, 5.74) is 2.85. The van der Waals surface area contributed by atoms with E-state index in [1.165, 1.54) is 0 Å². The van der Waals surface area contributed by atoms with E-state index in [1.807, 2.05) is 26.8 Å². The summed E-state index contributed by atoms with van der Waals surface area (Å²) >= 11 is 0. The first-order chi connectivity index (χ1) is 8.63. The molecule has 4 nitrogen and oxygen atoms in total. The minimum absolute atomic E-state index is 0.0856. The van der Waals surface area contributed by atoms with Gasteiger partial charge in [0.15, 0.2) is 0 Å². The van der Waals surface area contributed by atoms with Crippen molar-refractivity contribution < 1.29 is 4.79 Å². The van der Waals surface area contributed by atoms with E-state index >= 15 is 0 Å². The molecule has 0 saturated carbocycles. The SMILES string of the molecule is CCNC(=O)c1ccc(-n2c(C)ccc2C)nc1. The van der Waals surface area contributed by atoms with E-state index in [4.69, 9.17) is 0 Å². The molecule has 0 radical (unpaired) electrons. The molecular formula is C14H17N3O. The fourth-order valence-corrected chi connectivity index (χ4v) is 1.95. The average Bonchev–Trinajstić information content (AvgIpc) is 2.70. The third kappa shape index (κ3) is 2.27. The molecule has 0 aromatic carbocycles. The number of hydrogen-bond acceptors (Lipinski definition) is 2. The molecule has 0 saturated heterocycles. The third-order valence-electron chi connectivity index (χ3n) is 2.85. The van der Waals surface area contributed by atoms with Gasteiger partial charge in [0.05, 0.1) is 5.56 Å². The fourth-order valence-electron chi connectivity index (χ4n) is 1.95. The number of rotatable bonds is 3. The van der Waals surface area contributed by atoms with E-state index in [9.17, 15) is 4.79 Å². The molecular weight excluding hydrogens is 226 g/mol. The van der Waals surface area contributed by atoms with E-state index in [0.717, 1.165) is 17.2 Å². The van der Waals surface area contributed by atoms with Crippen molar-refractivity contribution in [1.82, 2.24) is 14.9 Å². The topological polar surface area (TPSA) is 46.9 Å². The Morgan fingerprint density at radius 1 is 1.22 bits per heavy atom. The van der Waals surface area contributed by atoms with E-state index in [-0.39, 0.29) is 5.91 Å². The molecule has 0 fully saturated rings. The zero-order valence-electron chi connectivity index (χ0n) is 10.9. The molecule has 1 amide bonds. The van der Waals surface area contributed by atoms with Crippen LogP contribution in [0.4, 0.5) is 0 Å². The predicted octanol–water partition coefficient (Wildman–Crippen LogP) is 2.24. The van der Waals surface area contributed by atoms with Gasteiger partial charge in [-0.2, -0.15) is 0 Å². The lowest BCUT2D eigenvalue weighted by Gasteiger charge is -2.09. The second-order valence-electron chi connectivity index (χ2n) is 4.22. The number of aromatic nitrogens is 2. The normalized spacial score (nSPS) is 10.4. The number of amides is 1. The van der Waals surface area contributed by atoms with Crippen LogP contribution in [0.2, 0.25) is 0 Å². The Bertz CT molecular complexity index is 535. The predicted molar refractivity (Wildman–Crippen MR) is 71.0 cm³/mol. The molecule has 2 rings (SSSR count). The fraction of sp³-hybridized carbons (Fsp3) is 0.286. The van der Waals surface area contributed by atoms with Crippen LogP contribution in [-0.2, 0) is 0 Å². The number of hydrogen-bond donors (Lipinski definition) is 1. The molecule has 0 unspecified atom stereocenters. The summed E-state index contributed by atoms with van der Waals surface area (Å²) in [6.45, 7) is 6.58. The van der Waals surface area contributed by atoms with Gasteiger partial charge in [-0.15, -0.1) is 0 Å². The molecule has 2 heterocycles. The third-order valence-corrected chi connectivity index (χ3v) is 2.85. The highest BCUT2D eigenvalue weighted by atomic mass is 16.1. The Hall–Kier alpha value is -2.10. The smallest absolute Gasteiger partial charge is 0.252 e. The van der Waals surface area contributed by atoms with Crippen LogP contribution >= 0.6 is 0 Å². The Morgan fingerprint density at radius 3 is 2.39 bits per heavy atom. The summed E-state index contributed by atoms with van der Waals surface area (Å²) < 4.78 is 2.06. The Morgan fingerprint density at radius 2 is 1.89 bits per heavy atom. The van der Waals surface area contributed by atoms with E-state index in [2.05, 4.69) is 27.0 Å². The second kappa shape index (κ2) is 5.04. The maximum Gasteiger partial charge on any atom is 0.252 e. The van der Waals surface area contributed by atoms with Gasteiger partial charge in [-0.3, -0.25) is 4.79 Å². The molecule has 1 N–H and O–H groups in total. The zero-order chi connectivity index (χ0) is 13.1. The Labute approximate surface area is 107 Å². The minimum Gasteiger partial charge on any atom is -0.352 e. The molecule has 18 heavy (non-hydrogen) atoms. The van der Waals surface area contributed by atoms with Crippen LogP contribution in [-0.4, -0.2) is 22.0 Å². The largest absolute Gasteiger partial charge is 0.352 e. The number of nitrogens with one attached hydrogen (secondary N) is 1. The summed E-state index contributed by atoms with van der Waals surface area (Å²) in [6, 6.07) is 7.76. The maximum absolute atomic E-state index is 11.6. The van der Waals surface area contributed by atoms with Crippen LogP contribution in [0.1, 0.15) is 28.7 Å². The van der Waals surface area contributed by atoms with Crippen molar-refractivity contribution >= 4 is 5.91 Å². The number of carbonyl (C=O) groups excluding carboxylic acids is 1. The van der Waals surface area contributed by atoms with Crippen molar-refractivity contribution in [1.29, 1.82) is 0 Å². The summed E-state index contributed by atoms with van der Waals surface area (Å²) in [5.74, 6) is 0.751. The van der Waals surface area contributed by atoms with Crippen LogP contribution in [0.5, 0.6) is 0 Å². The van der Waals surface area contributed by atoms with Gasteiger partial charge in [0.2, 0.25) is 0 Å². The molecule has 0 bridgehead atoms. The van der Waals surface area contributed by atoms with Gasteiger partial charge in [0.1, 0.15) is 5.82 Å². The van der Waals surface area contributed by atoms with Gasteiger partial charge in [0.25, 0.3) is 5.91 Å². The van der Waals surface area contributed by atoms with Gasteiger partial charge < -0.3 is 9.88 Å². The van der Waals surface area contributed by atoms with Gasteiger partial charge in [-0.25, -0.2) is 4.98 Å². The van der Waals surface area contributed by atoms with Crippen LogP contribution < -0.4 is 5.32 Å². The Kier molecular flexibility index (Phi) is 3.46. The molecule has 2 aromatic rings. The number of nitrogens with zero attached hydrogens (tertiary/aromatic N) is 2. The summed E-state index contributed by atoms with van der Waals surface area (Å²) in [4.78, 5) is 16.0. The standard InChI is InChI=1S/C14H17N3O/c1-4-15-14(18)12-7-8-13(16-9-12)17-10(2)5-6-11(17)3/h5-9H,4H2,1-3H3,(H,15,18). The number of aryl methyl sites for hydroxylation is 2. The van der Waals surface area contributed by atoms with Gasteiger partial charge in [-0.05, 0) is 45.0 Å². The summed E-state index contributed by atoms with van der Waals surface area (Å²) in [6.07, 6.45) is 1.61. The summed E-state index contributed by atoms with van der Waals surface area (Å²) in [7, 11) is 0. The lowest BCUT2D eigenvalue weighted by atomic mass is 10.2. The van der Waals surface area contributed by atoms with Gasteiger partial charge in [-0.1, -0.05) is 0 Å². The second-order valence-corrected chi connectivity index (χ2v) is 4.22. The minimum atomic E-state index is -0.0856. The lowest BCUT2D eigenvalue weighted by Crippen LogP contribution is -2.22. The highest BCUT2D eigenvalue weighted by molar-refractivity contribution is 5.93. The van der Waals surface area contributed by atoms with Crippen LogP contribution in [0.15, 0.2) is 30.5 Å². The van der Waals surface area contributed by atoms with E-state index < -0.39 is 0 Å². The highest BCUT2D eigenvalue weighted by Crippen LogP contribution is 2.14. The zero-order valence-corrected chi connectivity index (χ0v) is 10.9. The van der Waals surface area contributed by atoms with Crippen LogP contribution in [0.25, 0.3) is 5.82 Å². The lowest BCUT2D eigenvalue weighted by molar-refractivity contribution is 0.0955. The molecule has 2 aromatic heterocycles. The quantitative estimate of drug-likeness (QED) is 0.898. The first kappa shape index (κ1) is 12.4. The molecule has 0 aliphatic heterocycles. The van der Waals surface area contributed by atoms with E-state index in [0.29, 0.717) is 12.1 Å². The summed E-state index contributed by atoms with van der Waals surface area (Å²) in [5, 5.41) is 2.75. The maximum atomic E-state index is 11.6. The Balaban J connectivity index is 2.31.